The summed E-state index contributed by atoms with van der Waals surface area (Å²) in [5, 5.41) is 2.62. The highest BCUT2D eigenvalue weighted by atomic mass is 16.5. The van der Waals surface area contributed by atoms with Gasteiger partial charge in [0.2, 0.25) is 5.91 Å². The average Bonchev–Trinajstić information content (AvgIpc) is 2.57. The van der Waals surface area contributed by atoms with E-state index in [-0.39, 0.29) is 6.42 Å². The maximum Gasteiger partial charge on any atom is 0.311 e. The number of aryl methyl sites for hydroxylation is 1. The number of amides is 2. The number of carbonyl (C=O) groups is 3. The van der Waals surface area contributed by atoms with E-state index in [2.05, 4.69) is 5.32 Å². The number of carbonyl (C=O) groups excluding carboxylic acids is 3. The lowest BCUT2D eigenvalue weighted by molar-refractivity contribution is -0.152. The Labute approximate surface area is 146 Å². The van der Waals surface area contributed by atoms with Crippen LogP contribution < -0.4 is 11.1 Å². The van der Waals surface area contributed by atoms with Crippen molar-refractivity contribution in [3.8, 4) is 0 Å². The van der Waals surface area contributed by atoms with Gasteiger partial charge < -0.3 is 15.8 Å². The van der Waals surface area contributed by atoms with Crippen LogP contribution in [0.25, 0.3) is 0 Å². The van der Waals surface area contributed by atoms with E-state index in [0.717, 1.165) is 11.1 Å². The van der Waals surface area contributed by atoms with Gasteiger partial charge in [0.1, 0.15) is 0 Å². The molecule has 0 aliphatic carbocycles. The SMILES string of the molecule is Cc1ccc(CC(=O)O[C@@H](C)C(=O)Nc2ccc(C(N)=O)cc2)cc1. The maximum absolute atomic E-state index is 12.1. The summed E-state index contributed by atoms with van der Waals surface area (Å²) in [5.74, 6) is -1.48. The third-order valence-corrected chi connectivity index (χ3v) is 3.58. The molecule has 0 saturated heterocycles. The van der Waals surface area contributed by atoms with Gasteiger partial charge in [-0.15, -0.1) is 0 Å². The highest BCUT2D eigenvalue weighted by molar-refractivity contribution is 5.96. The van der Waals surface area contributed by atoms with Gasteiger partial charge >= 0.3 is 5.97 Å². The molecular formula is C19H20N2O4. The van der Waals surface area contributed by atoms with E-state index in [1.807, 2.05) is 31.2 Å². The zero-order valence-electron chi connectivity index (χ0n) is 14.1. The van der Waals surface area contributed by atoms with Crippen LogP contribution in [0, 0.1) is 6.92 Å². The van der Waals surface area contributed by atoms with Gasteiger partial charge in [-0.3, -0.25) is 14.4 Å². The molecule has 6 heteroatoms. The van der Waals surface area contributed by atoms with Crippen molar-refractivity contribution < 1.29 is 19.1 Å². The number of rotatable bonds is 6. The van der Waals surface area contributed by atoms with Gasteiger partial charge in [0.05, 0.1) is 6.42 Å². The Morgan fingerprint density at radius 3 is 2.20 bits per heavy atom. The Bertz CT molecular complexity index is 767. The second kappa shape index (κ2) is 8.10. The molecule has 0 radical (unpaired) electrons. The quantitative estimate of drug-likeness (QED) is 0.788. The van der Waals surface area contributed by atoms with Crippen molar-refractivity contribution in [2.75, 3.05) is 5.32 Å². The minimum Gasteiger partial charge on any atom is -0.452 e. The molecule has 2 aromatic carbocycles. The van der Waals surface area contributed by atoms with Crippen molar-refractivity contribution in [1.29, 1.82) is 0 Å². The number of nitrogens with two attached hydrogens (primary N) is 1. The molecule has 130 valence electrons. The number of primary amides is 1. The molecule has 0 aliphatic rings. The van der Waals surface area contributed by atoms with Crippen LogP contribution in [0.2, 0.25) is 0 Å². The van der Waals surface area contributed by atoms with Crippen molar-refractivity contribution in [3.63, 3.8) is 0 Å². The van der Waals surface area contributed by atoms with Crippen LogP contribution in [0.5, 0.6) is 0 Å². The number of ether oxygens (including phenoxy) is 1. The van der Waals surface area contributed by atoms with E-state index in [9.17, 15) is 14.4 Å². The molecule has 0 aromatic heterocycles. The van der Waals surface area contributed by atoms with Crippen LogP contribution in [0.15, 0.2) is 48.5 Å². The monoisotopic (exact) mass is 340 g/mol. The van der Waals surface area contributed by atoms with Crippen LogP contribution in [0.4, 0.5) is 5.69 Å². The first-order valence-corrected chi connectivity index (χ1v) is 7.81. The first kappa shape index (κ1) is 18.2. The lowest BCUT2D eigenvalue weighted by Crippen LogP contribution is -2.30. The standard InChI is InChI=1S/C19H20N2O4/c1-12-3-5-14(6-4-12)11-17(22)25-13(2)19(24)21-16-9-7-15(8-10-16)18(20)23/h3-10,13H,11H2,1-2H3,(H2,20,23)(H,21,24)/t13-/m0/s1. The molecule has 3 N–H and O–H groups in total. The van der Waals surface area contributed by atoms with Crippen LogP contribution in [0.1, 0.15) is 28.4 Å². The smallest absolute Gasteiger partial charge is 0.311 e. The summed E-state index contributed by atoms with van der Waals surface area (Å²) in [6, 6.07) is 13.6. The van der Waals surface area contributed by atoms with Gasteiger partial charge in [-0.1, -0.05) is 29.8 Å². The summed E-state index contributed by atoms with van der Waals surface area (Å²) < 4.78 is 5.16. The first-order valence-electron chi connectivity index (χ1n) is 7.81. The molecule has 6 nitrogen and oxygen atoms in total. The zero-order valence-corrected chi connectivity index (χ0v) is 14.1. The van der Waals surface area contributed by atoms with Gasteiger partial charge in [0.15, 0.2) is 6.10 Å². The third kappa shape index (κ3) is 5.46. The van der Waals surface area contributed by atoms with E-state index in [1.165, 1.54) is 19.1 Å². The number of anilines is 1. The summed E-state index contributed by atoms with van der Waals surface area (Å²) in [6.45, 7) is 3.46. The number of benzene rings is 2. The summed E-state index contributed by atoms with van der Waals surface area (Å²) in [4.78, 5) is 35.0. The van der Waals surface area contributed by atoms with Crippen molar-refractivity contribution in [1.82, 2.24) is 0 Å². The average molecular weight is 340 g/mol. The lowest BCUT2D eigenvalue weighted by atomic mass is 10.1. The third-order valence-electron chi connectivity index (χ3n) is 3.58. The molecule has 0 bridgehead atoms. The molecule has 1 atom stereocenters. The molecular weight excluding hydrogens is 320 g/mol. The predicted molar refractivity (Wildman–Crippen MR) is 94.0 cm³/mol. The van der Waals surface area contributed by atoms with E-state index < -0.39 is 23.9 Å². The fourth-order valence-electron chi connectivity index (χ4n) is 2.13. The Morgan fingerprint density at radius 2 is 1.64 bits per heavy atom. The van der Waals surface area contributed by atoms with Gasteiger partial charge in [-0.05, 0) is 43.7 Å². The molecule has 0 aliphatic heterocycles. The number of hydrogen-bond acceptors (Lipinski definition) is 4. The predicted octanol–water partition coefficient (Wildman–Crippen LogP) is 2.21. The zero-order chi connectivity index (χ0) is 18.4. The molecule has 0 spiro atoms. The van der Waals surface area contributed by atoms with Crippen LogP contribution in [-0.4, -0.2) is 23.9 Å². The summed E-state index contributed by atoms with van der Waals surface area (Å²) >= 11 is 0. The molecule has 2 rings (SSSR count). The van der Waals surface area contributed by atoms with Crippen LogP contribution in [0.3, 0.4) is 0 Å². The van der Waals surface area contributed by atoms with E-state index in [1.54, 1.807) is 12.1 Å². The highest BCUT2D eigenvalue weighted by Gasteiger charge is 2.18. The van der Waals surface area contributed by atoms with Gasteiger partial charge in [-0.2, -0.15) is 0 Å². The Kier molecular flexibility index (Phi) is 5.89. The Hall–Kier alpha value is -3.15. The topological polar surface area (TPSA) is 98.5 Å². The van der Waals surface area contributed by atoms with Crippen molar-refractivity contribution in [2.45, 2.75) is 26.4 Å². The highest BCUT2D eigenvalue weighted by Crippen LogP contribution is 2.11. The van der Waals surface area contributed by atoms with Crippen molar-refractivity contribution >= 4 is 23.5 Å². The molecule has 0 unspecified atom stereocenters. The summed E-state index contributed by atoms with van der Waals surface area (Å²) in [6.07, 6.45) is -0.834. The lowest BCUT2D eigenvalue weighted by Gasteiger charge is -2.14. The molecule has 0 saturated carbocycles. The molecule has 25 heavy (non-hydrogen) atoms. The normalized spacial score (nSPS) is 11.4. The van der Waals surface area contributed by atoms with Gasteiger partial charge in [-0.25, -0.2) is 0 Å². The van der Waals surface area contributed by atoms with Crippen molar-refractivity contribution in [3.05, 3.63) is 65.2 Å². The number of esters is 1. The minimum atomic E-state index is -0.936. The van der Waals surface area contributed by atoms with Crippen molar-refractivity contribution in [2.24, 2.45) is 5.73 Å². The summed E-state index contributed by atoms with van der Waals surface area (Å²) in [7, 11) is 0. The van der Waals surface area contributed by atoms with E-state index >= 15 is 0 Å². The van der Waals surface area contributed by atoms with Crippen LogP contribution in [-0.2, 0) is 20.7 Å². The number of hydrogen-bond donors (Lipinski definition) is 2. The second-order valence-electron chi connectivity index (χ2n) is 5.73. The summed E-state index contributed by atoms with van der Waals surface area (Å²) in [5.41, 5.74) is 7.91. The molecule has 2 aromatic rings. The first-order chi connectivity index (χ1) is 11.8. The number of nitrogens with one attached hydrogen (secondary N) is 1. The maximum atomic E-state index is 12.1. The van der Waals surface area contributed by atoms with Gasteiger partial charge in [0, 0.05) is 11.3 Å². The minimum absolute atomic E-state index is 0.102. The van der Waals surface area contributed by atoms with Gasteiger partial charge in [0.25, 0.3) is 5.91 Å². The molecule has 2 amide bonds. The largest absolute Gasteiger partial charge is 0.452 e. The Morgan fingerprint density at radius 1 is 1.04 bits per heavy atom. The van der Waals surface area contributed by atoms with E-state index in [4.69, 9.17) is 10.5 Å². The second-order valence-corrected chi connectivity index (χ2v) is 5.73. The molecule has 0 heterocycles. The van der Waals surface area contributed by atoms with E-state index in [0.29, 0.717) is 11.3 Å². The fraction of sp³-hybridized carbons (Fsp3) is 0.211. The fourth-order valence-corrected chi connectivity index (χ4v) is 2.13. The molecule has 0 fully saturated rings. The Balaban J connectivity index is 1.87. The van der Waals surface area contributed by atoms with Crippen LogP contribution >= 0.6 is 0 Å².